The molecule has 2 unspecified atom stereocenters. The molecule has 0 aromatic carbocycles. The van der Waals surface area contributed by atoms with Crippen LogP contribution in [0.3, 0.4) is 0 Å². The van der Waals surface area contributed by atoms with Crippen molar-refractivity contribution in [2.45, 2.75) is 44.8 Å². The molecule has 1 aromatic heterocycles. The van der Waals surface area contributed by atoms with Gasteiger partial charge in [-0.2, -0.15) is 4.80 Å². The number of hydrogen-bond donors (Lipinski definition) is 1. The Hall–Kier alpha value is -1.01. The Morgan fingerprint density at radius 1 is 1.53 bits per heavy atom. The zero-order valence-electron chi connectivity index (χ0n) is 10.6. The lowest BCUT2D eigenvalue weighted by Crippen LogP contribution is -2.44. The summed E-state index contributed by atoms with van der Waals surface area (Å²) in [6, 6.07) is 0.296. The molecule has 96 valence electrons. The summed E-state index contributed by atoms with van der Waals surface area (Å²) >= 11 is 0. The molecule has 2 heterocycles. The summed E-state index contributed by atoms with van der Waals surface area (Å²) in [5.74, 6) is 0.785. The first-order valence-corrected chi connectivity index (χ1v) is 6.37. The molecule has 1 saturated heterocycles. The molecule has 2 rings (SSSR count). The topological polar surface area (TPSA) is 64.9 Å². The normalized spacial score (nSPS) is 22.6. The molecule has 17 heavy (non-hydrogen) atoms. The number of nitrogens with zero attached hydrogens (tertiary/aromatic N) is 4. The second-order valence-electron chi connectivity index (χ2n) is 4.47. The second-order valence-corrected chi connectivity index (χ2v) is 4.47. The maximum atomic E-state index is 5.83. The van der Waals surface area contributed by atoms with Crippen molar-refractivity contribution in [3.8, 4) is 0 Å². The average molecular weight is 239 g/mol. The smallest absolute Gasteiger partial charge is 0.176 e. The van der Waals surface area contributed by atoms with Gasteiger partial charge in [0.05, 0.1) is 13.2 Å². The summed E-state index contributed by atoms with van der Waals surface area (Å²) in [5.41, 5.74) is 0. The van der Waals surface area contributed by atoms with E-state index in [9.17, 15) is 0 Å². The fraction of sp³-hybridized carbons (Fsp3) is 0.909. The van der Waals surface area contributed by atoms with Crippen LogP contribution in [-0.2, 0) is 18.2 Å². The van der Waals surface area contributed by atoms with E-state index >= 15 is 0 Å². The minimum atomic E-state index is 0.285. The van der Waals surface area contributed by atoms with E-state index in [-0.39, 0.29) is 6.10 Å². The van der Waals surface area contributed by atoms with Gasteiger partial charge in [0, 0.05) is 19.1 Å². The third-order valence-electron chi connectivity index (χ3n) is 3.08. The molecular weight excluding hydrogens is 218 g/mol. The Bertz CT molecular complexity index is 334. The van der Waals surface area contributed by atoms with Crippen LogP contribution in [0.1, 0.15) is 32.0 Å². The number of tetrazole rings is 1. The molecule has 0 aliphatic carbocycles. The first-order chi connectivity index (χ1) is 8.29. The van der Waals surface area contributed by atoms with E-state index in [0.29, 0.717) is 6.04 Å². The van der Waals surface area contributed by atoms with E-state index < -0.39 is 0 Å². The number of nitrogens with one attached hydrogen (secondary N) is 1. The summed E-state index contributed by atoms with van der Waals surface area (Å²) in [7, 11) is 1.79. The van der Waals surface area contributed by atoms with Gasteiger partial charge in [0.2, 0.25) is 0 Å². The molecule has 0 spiro atoms. The van der Waals surface area contributed by atoms with Crippen molar-refractivity contribution >= 4 is 0 Å². The molecule has 0 saturated carbocycles. The summed E-state index contributed by atoms with van der Waals surface area (Å²) < 4.78 is 5.83. The maximum absolute atomic E-state index is 5.83. The highest BCUT2D eigenvalue weighted by atomic mass is 16.5. The predicted molar refractivity (Wildman–Crippen MR) is 63.6 cm³/mol. The van der Waals surface area contributed by atoms with Crippen LogP contribution in [0.4, 0.5) is 0 Å². The van der Waals surface area contributed by atoms with Gasteiger partial charge in [-0.3, -0.25) is 0 Å². The highest BCUT2D eigenvalue weighted by molar-refractivity contribution is 4.89. The van der Waals surface area contributed by atoms with Crippen LogP contribution >= 0.6 is 0 Å². The van der Waals surface area contributed by atoms with Crippen LogP contribution in [0.15, 0.2) is 0 Å². The summed E-state index contributed by atoms with van der Waals surface area (Å²) in [6.07, 6.45) is 4.62. The third-order valence-corrected chi connectivity index (χ3v) is 3.08. The van der Waals surface area contributed by atoms with Crippen molar-refractivity contribution in [3.05, 3.63) is 5.82 Å². The number of aryl methyl sites for hydroxylation is 1. The first-order valence-electron chi connectivity index (χ1n) is 6.37. The Kier molecular flexibility index (Phi) is 4.44. The molecule has 2 atom stereocenters. The third kappa shape index (κ3) is 3.47. The summed E-state index contributed by atoms with van der Waals surface area (Å²) in [6.45, 7) is 3.92. The Morgan fingerprint density at radius 3 is 3.00 bits per heavy atom. The number of hydrogen-bond acceptors (Lipinski definition) is 5. The monoisotopic (exact) mass is 239 g/mol. The molecule has 6 nitrogen and oxygen atoms in total. The molecule has 0 amide bonds. The largest absolute Gasteiger partial charge is 0.377 e. The van der Waals surface area contributed by atoms with Gasteiger partial charge in [0.25, 0.3) is 0 Å². The summed E-state index contributed by atoms with van der Waals surface area (Å²) in [4.78, 5) is 1.50. The standard InChI is InChI=1S/C11H21N5O/c1-3-12-9(10-6-4-5-7-17-10)8-11-13-15-16(2)14-11/h9-10,12H,3-8H2,1-2H3. The fourth-order valence-electron chi connectivity index (χ4n) is 2.28. The van der Waals surface area contributed by atoms with E-state index in [1.54, 1.807) is 7.05 Å². The van der Waals surface area contributed by atoms with Crippen LogP contribution in [0.5, 0.6) is 0 Å². The quantitative estimate of drug-likeness (QED) is 0.800. The van der Waals surface area contributed by atoms with Gasteiger partial charge < -0.3 is 10.1 Å². The zero-order valence-corrected chi connectivity index (χ0v) is 10.6. The van der Waals surface area contributed by atoms with Crippen LogP contribution in [-0.4, -0.2) is 45.5 Å². The number of likely N-dealkylation sites (N-methyl/N-ethyl adjacent to an activating group) is 1. The zero-order chi connectivity index (χ0) is 12.1. The number of aromatic nitrogens is 4. The van der Waals surface area contributed by atoms with Gasteiger partial charge in [-0.15, -0.1) is 10.2 Å². The maximum Gasteiger partial charge on any atom is 0.176 e. The summed E-state index contributed by atoms with van der Waals surface area (Å²) in [5, 5.41) is 15.6. The Balaban J connectivity index is 1.95. The highest BCUT2D eigenvalue weighted by Crippen LogP contribution is 2.17. The molecule has 1 aliphatic heterocycles. The molecule has 6 heteroatoms. The Labute approximate surface area is 102 Å². The van der Waals surface area contributed by atoms with Crippen molar-refractivity contribution in [1.82, 2.24) is 25.5 Å². The minimum absolute atomic E-state index is 0.285. The van der Waals surface area contributed by atoms with Gasteiger partial charge in [0.15, 0.2) is 5.82 Å². The highest BCUT2D eigenvalue weighted by Gasteiger charge is 2.25. The van der Waals surface area contributed by atoms with Gasteiger partial charge in [-0.25, -0.2) is 0 Å². The van der Waals surface area contributed by atoms with Crippen LogP contribution in [0.25, 0.3) is 0 Å². The first kappa shape index (κ1) is 12.4. The van der Waals surface area contributed by atoms with Crippen LogP contribution in [0, 0.1) is 0 Å². The number of rotatable bonds is 5. The van der Waals surface area contributed by atoms with E-state index in [4.69, 9.17) is 4.74 Å². The van der Waals surface area contributed by atoms with Crippen molar-refractivity contribution in [1.29, 1.82) is 0 Å². The lowest BCUT2D eigenvalue weighted by molar-refractivity contribution is -0.00748. The molecule has 0 bridgehead atoms. The molecule has 1 aliphatic rings. The van der Waals surface area contributed by atoms with Crippen molar-refractivity contribution in [2.24, 2.45) is 7.05 Å². The lowest BCUT2D eigenvalue weighted by atomic mass is 9.99. The van der Waals surface area contributed by atoms with Gasteiger partial charge in [-0.1, -0.05) is 6.92 Å². The van der Waals surface area contributed by atoms with E-state index in [1.807, 2.05) is 0 Å². The molecule has 1 aromatic rings. The van der Waals surface area contributed by atoms with Gasteiger partial charge in [-0.05, 0) is 31.0 Å². The van der Waals surface area contributed by atoms with Gasteiger partial charge in [0.1, 0.15) is 0 Å². The van der Waals surface area contributed by atoms with Crippen molar-refractivity contribution in [2.75, 3.05) is 13.2 Å². The van der Waals surface area contributed by atoms with Crippen molar-refractivity contribution < 1.29 is 4.74 Å². The van der Waals surface area contributed by atoms with E-state index in [1.165, 1.54) is 17.6 Å². The molecule has 1 fully saturated rings. The van der Waals surface area contributed by atoms with Crippen LogP contribution < -0.4 is 5.32 Å². The van der Waals surface area contributed by atoms with Crippen molar-refractivity contribution in [3.63, 3.8) is 0 Å². The number of ether oxygens (including phenoxy) is 1. The van der Waals surface area contributed by atoms with E-state index in [0.717, 1.165) is 31.8 Å². The lowest BCUT2D eigenvalue weighted by Gasteiger charge is -2.30. The molecule has 0 radical (unpaired) electrons. The predicted octanol–water partition coefficient (Wildman–Crippen LogP) is 0.300. The fourth-order valence-corrected chi connectivity index (χ4v) is 2.28. The van der Waals surface area contributed by atoms with Crippen LogP contribution in [0.2, 0.25) is 0 Å². The average Bonchev–Trinajstić information content (AvgIpc) is 2.75. The molecule has 1 N–H and O–H groups in total. The van der Waals surface area contributed by atoms with Gasteiger partial charge >= 0.3 is 0 Å². The molecular formula is C11H21N5O. The minimum Gasteiger partial charge on any atom is -0.377 e. The van der Waals surface area contributed by atoms with E-state index in [2.05, 4.69) is 27.7 Å². The second kappa shape index (κ2) is 6.07. The Morgan fingerprint density at radius 2 is 2.41 bits per heavy atom. The SMILES string of the molecule is CCNC(Cc1nnn(C)n1)C1CCCCO1.